The van der Waals surface area contributed by atoms with Gasteiger partial charge in [0.25, 0.3) is 0 Å². The van der Waals surface area contributed by atoms with Crippen molar-refractivity contribution in [2.24, 2.45) is 0 Å². The third-order valence-corrected chi connectivity index (χ3v) is 2.95. The van der Waals surface area contributed by atoms with E-state index in [1.54, 1.807) is 18.9 Å². The molecule has 0 bridgehead atoms. The molecular formula is C12H22N2O4. The number of hydrogen-bond donors (Lipinski definition) is 1. The summed E-state index contributed by atoms with van der Waals surface area (Å²) >= 11 is 0. The highest BCUT2D eigenvalue weighted by molar-refractivity contribution is 5.94. The molecule has 104 valence electrons. The van der Waals surface area contributed by atoms with Gasteiger partial charge in [0.1, 0.15) is 6.04 Å². The minimum Gasteiger partial charge on any atom is -0.382 e. The molecule has 1 heterocycles. The third-order valence-electron chi connectivity index (χ3n) is 2.95. The van der Waals surface area contributed by atoms with E-state index in [4.69, 9.17) is 9.47 Å². The second-order valence-corrected chi connectivity index (χ2v) is 4.29. The van der Waals surface area contributed by atoms with Gasteiger partial charge in [0.15, 0.2) is 0 Å². The summed E-state index contributed by atoms with van der Waals surface area (Å²) in [5.74, 6) is -0.0895. The zero-order valence-electron chi connectivity index (χ0n) is 11.1. The summed E-state index contributed by atoms with van der Waals surface area (Å²) < 4.78 is 10.2. The molecule has 0 aliphatic carbocycles. The maximum absolute atomic E-state index is 11.6. The van der Waals surface area contributed by atoms with Crippen LogP contribution in [0.4, 0.5) is 0 Å². The van der Waals surface area contributed by atoms with Crippen molar-refractivity contribution in [3.63, 3.8) is 0 Å². The van der Waals surface area contributed by atoms with Crippen molar-refractivity contribution in [2.45, 2.75) is 25.8 Å². The molecule has 2 amide bonds. The normalized spacial score (nSPS) is 20.1. The summed E-state index contributed by atoms with van der Waals surface area (Å²) in [5, 5.41) is 2.57. The minimum atomic E-state index is -0.361. The molecular weight excluding hydrogens is 236 g/mol. The average Bonchev–Trinajstić information content (AvgIpc) is 2.36. The highest BCUT2D eigenvalue weighted by Crippen LogP contribution is 2.07. The van der Waals surface area contributed by atoms with E-state index in [1.165, 1.54) is 0 Å². The molecule has 0 aromatic carbocycles. The second-order valence-electron chi connectivity index (χ2n) is 4.29. The first-order chi connectivity index (χ1) is 8.66. The number of carbonyl (C=O) groups is 2. The molecule has 0 aromatic heterocycles. The Bertz CT molecular complexity index is 283. The van der Waals surface area contributed by atoms with Crippen LogP contribution in [0.3, 0.4) is 0 Å². The Morgan fingerprint density at radius 2 is 2.06 bits per heavy atom. The van der Waals surface area contributed by atoms with Crippen LogP contribution in [0.5, 0.6) is 0 Å². The molecule has 1 fully saturated rings. The van der Waals surface area contributed by atoms with Crippen LogP contribution in [0.25, 0.3) is 0 Å². The number of carbonyl (C=O) groups excluding carboxylic acids is 2. The fourth-order valence-corrected chi connectivity index (χ4v) is 1.82. The van der Waals surface area contributed by atoms with Crippen molar-refractivity contribution in [1.82, 2.24) is 10.2 Å². The lowest BCUT2D eigenvalue weighted by atomic mass is 10.2. The van der Waals surface area contributed by atoms with Gasteiger partial charge in [-0.2, -0.15) is 0 Å². The molecule has 1 N–H and O–H groups in total. The first kappa shape index (κ1) is 14.9. The van der Waals surface area contributed by atoms with Gasteiger partial charge in [-0.05, 0) is 19.8 Å². The van der Waals surface area contributed by atoms with Gasteiger partial charge in [-0.15, -0.1) is 0 Å². The van der Waals surface area contributed by atoms with Crippen LogP contribution in [0.2, 0.25) is 0 Å². The third kappa shape index (κ3) is 4.62. The van der Waals surface area contributed by atoms with Crippen molar-refractivity contribution >= 4 is 11.8 Å². The van der Waals surface area contributed by atoms with Crippen LogP contribution in [-0.4, -0.2) is 62.8 Å². The van der Waals surface area contributed by atoms with Gasteiger partial charge >= 0.3 is 0 Å². The van der Waals surface area contributed by atoms with E-state index in [-0.39, 0.29) is 24.4 Å². The van der Waals surface area contributed by atoms with E-state index in [1.807, 2.05) is 0 Å². The minimum absolute atomic E-state index is 0.0117. The van der Waals surface area contributed by atoms with Crippen molar-refractivity contribution in [3.8, 4) is 0 Å². The summed E-state index contributed by atoms with van der Waals surface area (Å²) in [6, 6.07) is -0.361. The van der Waals surface area contributed by atoms with Crippen LogP contribution in [-0.2, 0) is 19.1 Å². The van der Waals surface area contributed by atoms with Crippen LogP contribution in [0.1, 0.15) is 19.8 Å². The predicted octanol–water partition coefficient (Wildman–Crippen LogP) is -0.223. The maximum atomic E-state index is 11.6. The number of piperazine rings is 1. The van der Waals surface area contributed by atoms with Gasteiger partial charge in [-0.1, -0.05) is 0 Å². The topological polar surface area (TPSA) is 67.9 Å². The van der Waals surface area contributed by atoms with Gasteiger partial charge in [-0.25, -0.2) is 0 Å². The molecule has 6 heteroatoms. The first-order valence-electron chi connectivity index (χ1n) is 6.30. The Morgan fingerprint density at radius 3 is 2.78 bits per heavy atom. The molecule has 0 aromatic rings. The van der Waals surface area contributed by atoms with Gasteiger partial charge in [0.2, 0.25) is 11.8 Å². The number of nitrogens with zero attached hydrogens (tertiary/aromatic N) is 1. The quantitative estimate of drug-likeness (QED) is 0.611. The summed E-state index contributed by atoms with van der Waals surface area (Å²) in [6.07, 6.45) is 1.72. The molecule has 6 nitrogen and oxygen atoms in total. The fraction of sp³-hybridized carbons (Fsp3) is 0.833. The van der Waals surface area contributed by atoms with Gasteiger partial charge in [-0.3, -0.25) is 9.59 Å². The number of hydrogen-bond acceptors (Lipinski definition) is 4. The first-order valence-corrected chi connectivity index (χ1v) is 6.30. The number of unbranched alkanes of at least 4 members (excludes halogenated alkanes) is 1. The van der Waals surface area contributed by atoms with Crippen molar-refractivity contribution < 1.29 is 19.1 Å². The SMILES string of the molecule is COCCOCCCCN1C(=O)CNC(=O)C1C. The van der Waals surface area contributed by atoms with Crippen molar-refractivity contribution in [1.29, 1.82) is 0 Å². The molecule has 18 heavy (non-hydrogen) atoms. The Balaban J connectivity index is 2.13. The smallest absolute Gasteiger partial charge is 0.242 e. The average molecular weight is 258 g/mol. The zero-order valence-corrected chi connectivity index (χ0v) is 11.1. The standard InChI is InChI=1S/C12H22N2O4/c1-10-12(16)13-9-11(15)14(10)5-3-4-6-18-8-7-17-2/h10H,3-9H2,1-2H3,(H,13,16). The van der Waals surface area contributed by atoms with E-state index in [0.29, 0.717) is 26.4 Å². The van der Waals surface area contributed by atoms with Crippen LogP contribution >= 0.6 is 0 Å². The monoisotopic (exact) mass is 258 g/mol. The number of amides is 2. The lowest BCUT2D eigenvalue weighted by Crippen LogP contribution is -2.57. The lowest BCUT2D eigenvalue weighted by molar-refractivity contribution is -0.144. The Morgan fingerprint density at radius 1 is 1.28 bits per heavy atom. The summed E-state index contributed by atoms with van der Waals surface area (Å²) in [5.41, 5.74) is 0. The molecule has 1 saturated heterocycles. The number of nitrogens with one attached hydrogen (secondary N) is 1. The number of rotatable bonds is 8. The van der Waals surface area contributed by atoms with Gasteiger partial charge in [0.05, 0.1) is 19.8 Å². The van der Waals surface area contributed by atoms with E-state index < -0.39 is 0 Å². The number of methoxy groups -OCH3 is 1. The second kappa shape index (κ2) is 8.05. The maximum Gasteiger partial charge on any atom is 0.242 e. The molecule has 0 spiro atoms. The van der Waals surface area contributed by atoms with Crippen molar-refractivity contribution in [2.75, 3.05) is 40.0 Å². The summed E-state index contributed by atoms with van der Waals surface area (Å²) in [6.45, 7) is 4.34. The lowest BCUT2D eigenvalue weighted by Gasteiger charge is -2.32. The Hall–Kier alpha value is -1.14. The van der Waals surface area contributed by atoms with Gasteiger partial charge in [0, 0.05) is 20.3 Å². The Kier molecular flexibility index (Phi) is 6.67. The molecule has 0 saturated carbocycles. The van der Waals surface area contributed by atoms with Crippen LogP contribution in [0.15, 0.2) is 0 Å². The molecule has 1 unspecified atom stereocenters. The van der Waals surface area contributed by atoms with Gasteiger partial charge < -0.3 is 19.7 Å². The number of ether oxygens (including phenoxy) is 2. The molecule has 0 radical (unpaired) electrons. The highest BCUT2D eigenvalue weighted by Gasteiger charge is 2.29. The van der Waals surface area contributed by atoms with Crippen LogP contribution in [0, 0.1) is 0 Å². The Labute approximate surface area is 108 Å². The fourth-order valence-electron chi connectivity index (χ4n) is 1.82. The van der Waals surface area contributed by atoms with E-state index in [0.717, 1.165) is 12.8 Å². The molecule has 1 aliphatic rings. The molecule has 1 rings (SSSR count). The van der Waals surface area contributed by atoms with Crippen LogP contribution < -0.4 is 5.32 Å². The highest BCUT2D eigenvalue weighted by atomic mass is 16.5. The summed E-state index contributed by atoms with van der Waals surface area (Å²) in [7, 11) is 1.64. The largest absolute Gasteiger partial charge is 0.382 e. The van der Waals surface area contributed by atoms with E-state index in [9.17, 15) is 9.59 Å². The van der Waals surface area contributed by atoms with E-state index in [2.05, 4.69) is 5.32 Å². The van der Waals surface area contributed by atoms with Crippen molar-refractivity contribution in [3.05, 3.63) is 0 Å². The molecule has 1 atom stereocenters. The predicted molar refractivity (Wildman–Crippen MR) is 66.1 cm³/mol. The summed E-state index contributed by atoms with van der Waals surface area (Å²) in [4.78, 5) is 24.7. The molecule has 1 aliphatic heterocycles. The van der Waals surface area contributed by atoms with E-state index >= 15 is 0 Å². The zero-order chi connectivity index (χ0) is 13.4.